The average molecular weight is 467 g/mol. The molecule has 0 bridgehead atoms. The van der Waals surface area contributed by atoms with E-state index >= 15 is 0 Å². The van der Waals surface area contributed by atoms with Gasteiger partial charge in [0.25, 0.3) is 17.5 Å². The Morgan fingerprint density at radius 1 is 1.12 bits per heavy atom. The standard InChI is InChI=1S/C23H25N5O6/c1-4-26(5-2)20(30)15-8-6-10-17(12-15)24-19(29)14-27-21(31)23(3,25-22(27)32)16-9-7-11-18(13-16)28(33)34/h6-13H,4-5,14H2,1-3H3,(H,24,29)(H,25,32). The monoisotopic (exact) mass is 467 g/mol. The van der Waals surface area contributed by atoms with Crippen molar-refractivity contribution >= 4 is 35.1 Å². The summed E-state index contributed by atoms with van der Waals surface area (Å²) in [6.45, 7) is 5.68. The molecule has 2 aromatic rings. The third kappa shape index (κ3) is 4.72. The van der Waals surface area contributed by atoms with Crippen molar-refractivity contribution in [2.45, 2.75) is 26.3 Å². The van der Waals surface area contributed by atoms with Crippen LogP contribution in [-0.4, -0.2) is 58.1 Å². The highest BCUT2D eigenvalue weighted by Crippen LogP contribution is 2.30. The van der Waals surface area contributed by atoms with Gasteiger partial charge in [0.15, 0.2) is 0 Å². The molecule has 1 aliphatic heterocycles. The maximum atomic E-state index is 13.0. The zero-order valence-corrected chi connectivity index (χ0v) is 19.0. The van der Waals surface area contributed by atoms with E-state index in [0.29, 0.717) is 24.3 Å². The van der Waals surface area contributed by atoms with Gasteiger partial charge >= 0.3 is 6.03 Å². The quantitative estimate of drug-likeness (QED) is 0.347. The van der Waals surface area contributed by atoms with Crippen LogP contribution in [0.15, 0.2) is 48.5 Å². The number of nitrogens with one attached hydrogen (secondary N) is 2. The van der Waals surface area contributed by atoms with E-state index in [9.17, 15) is 29.3 Å². The van der Waals surface area contributed by atoms with E-state index in [4.69, 9.17) is 0 Å². The fourth-order valence-electron chi connectivity index (χ4n) is 3.73. The molecule has 11 nitrogen and oxygen atoms in total. The lowest BCUT2D eigenvalue weighted by Gasteiger charge is -2.22. The van der Waals surface area contributed by atoms with Crippen molar-refractivity contribution in [2.75, 3.05) is 25.0 Å². The zero-order valence-electron chi connectivity index (χ0n) is 19.0. The van der Waals surface area contributed by atoms with Crippen LogP contribution in [0.5, 0.6) is 0 Å². The van der Waals surface area contributed by atoms with E-state index in [0.717, 1.165) is 4.90 Å². The number of nitro groups is 1. The first-order valence-electron chi connectivity index (χ1n) is 10.7. The van der Waals surface area contributed by atoms with Gasteiger partial charge in [0.05, 0.1) is 4.92 Å². The summed E-state index contributed by atoms with van der Waals surface area (Å²) in [5.41, 5.74) is -0.813. The number of anilines is 1. The van der Waals surface area contributed by atoms with Crippen LogP contribution in [-0.2, 0) is 15.1 Å². The Morgan fingerprint density at radius 2 is 1.79 bits per heavy atom. The average Bonchev–Trinajstić information content (AvgIpc) is 3.03. The van der Waals surface area contributed by atoms with E-state index in [1.54, 1.807) is 23.1 Å². The number of benzene rings is 2. The van der Waals surface area contributed by atoms with Gasteiger partial charge in [0.2, 0.25) is 5.91 Å². The first-order valence-corrected chi connectivity index (χ1v) is 10.7. The molecule has 178 valence electrons. The zero-order chi connectivity index (χ0) is 25.0. The number of nitrogens with zero attached hydrogens (tertiary/aromatic N) is 3. The lowest BCUT2D eigenvalue weighted by atomic mass is 9.91. The van der Waals surface area contributed by atoms with Crippen molar-refractivity contribution < 1.29 is 24.1 Å². The molecule has 1 fully saturated rings. The Balaban J connectivity index is 1.74. The summed E-state index contributed by atoms with van der Waals surface area (Å²) in [7, 11) is 0. The Labute approximate surface area is 195 Å². The fraction of sp³-hybridized carbons (Fsp3) is 0.304. The predicted molar refractivity (Wildman–Crippen MR) is 123 cm³/mol. The number of hydrogen-bond donors (Lipinski definition) is 2. The SMILES string of the molecule is CCN(CC)C(=O)c1cccc(NC(=O)CN2C(=O)NC(C)(c3cccc([N+](=O)[O-])c3)C2=O)c1. The normalized spacial score (nSPS) is 17.3. The summed E-state index contributed by atoms with van der Waals surface area (Å²) in [5.74, 6) is -1.53. The number of urea groups is 1. The number of rotatable bonds is 8. The highest BCUT2D eigenvalue weighted by molar-refractivity contribution is 6.10. The van der Waals surface area contributed by atoms with Crippen LogP contribution in [0.2, 0.25) is 0 Å². The Morgan fingerprint density at radius 3 is 2.44 bits per heavy atom. The van der Waals surface area contributed by atoms with Gasteiger partial charge in [0.1, 0.15) is 12.1 Å². The molecule has 1 unspecified atom stereocenters. The summed E-state index contributed by atoms with van der Waals surface area (Å²) in [4.78, 5) is 63.6. The Kier molecular flexibility index (Phi) is 6.94. The minimum absolute atomic E-state index is 0.178. The second-order valence-electron chi connectivity index (χ2n) is 7.86. The van der Waals surface area contributed by atoms with E-state index in [1.807, 2.05) is 13.8 Å². The number of carbonyl (C=O) groups excluding carboxylic acids is 4. The van der Waals surface area contributed by atoms with Gasteiger partial charge in [-0.05, 0) is 44.5 Å². The lowest BCUT2D eigenvalue weighted by Crippen LogP contribution is -2.42. The molecule has 2 N–H and O–H groups in total. The lowest BCUT2D eigenvalue weighted by molar-refractivity contribution is -0.385. The van der Waals surface area contributed by atoms with E-state index < -0.39 is 34.9 Å². The first-order chi connectivity index (χ1) is 16.1. The molecule has 5 amide bonds. The predicted octanol–water partition coefficient (Wildman–Crippen LogP) is 2.48. The van der Waals surface area contributed by atoms with Crippen molar-refractivity contribution in [2.24, 2.45) is 0 Å². The number of imide groups is 1. The summed E-state index contributed by atoms with van der Waals surface area (Å²) in [5, 5.41) is 16.2. The molecular formula is C23H25N5O6. The van der Waals surface area contributed by atoms with Crippen LogP contribution in [0, 0.1) is 10.1 Å². The van der Waals surface area contributed by atoms with Crippen molar-refractivity contribution in [3.63, 3.8) is 0 Å². The molecule has 1 saturated heterocycles. The van der Waals surface area contributed by atoms with Crippen LogP contribution in [0.25, 0.3) is 0 Å². The minimum Gasteiger partial charge on any atom is -0.339 e. The maximum Gasteiger partial charge on any atom is 0.325 e. The fourth-order valence-corrected chi connectivity index (χ4v) is 3.73. The largest absolute Gasteiger partial charge is 0.339 e. The van der Waals surface area contributed by atoms with E-state index in [1.165, 1.54) is 37.3 Å². The molecule has 0 aliphatic carbocycles. The summed E-state index contributed by atoms with van der Waals surface area (Å²) in [6, 6.07) is 11.0. The van der Waals surface area contributed by atoms with Gasteiger partial charge in [-0.2, -0.15) is 0 Å². The molecule has 34 heavy (non-hydrogen) atoms. The highest BCUT2D eigenvalue weighted by atomic mass is 16.6. The second-order valence-corrected chi connectivity index (χ2v) is 7.86. The smallest absolute Gasteiger partial charge is 0.325 e. The third-order valence-electron chi connectivity index (χ3n) is 5.65. The van der Waals surface area contributed by atoms with E-state index in [2.05, 4.69) is 10.6 Å². The summed E-state index contributed by atoms with van der Waals surface area (Å²) < 4.78 is 0. The first kappa shape index (κ1) is 24.4. The minimum atomic E-state index is -1.56. The van der Waals surface area contributed by atoms with Crippen molar-refractivity contribution in [1.82, 2.24) is 15.1 Å². The summed E-state index contributed by atoms with van der Waals surface area (Å²) in [6.07, 6.45) is 0. The molecule has 11 heteroatoms. The van der Waals surface area contributed by atoms with Crippen molar-refractivity contribution in [3.05, 3.63) is 69.8 Å². The number of hydrogen-bond acceptors (Lipinski definition) is 6. The molecule has 0 aromatic heterocycles. The number of amides is 5. The van der Waals surface area contributed by atoms with Crippen LogP contribution < -0.4 is 10.6 Å². The van der Waals surface area contributed by atoms with Gasteiger partial charge in [0, 0.05) is 36.5 Å². The molecule has 1 atom stereocenters. The molecule has 0 spiro atoms. The van der Waals surface area contributed by atoms with E-state index in [-0.39, 0.29) is 17.2 Å². The Hall–Kier alpha value is -4.28. The topological polar surface area (TPSA) is 142 Å². The molecule has 0 saturated carbocycles. The van der Waals surface area contributed by atoms with Gasteiger partial charge in [-0.15, -0.1) is 0 Å². The molecule has 0 radical (unpaired) electrons. The van der Waals surface area contributed by atoms with Crippen LogP contribution in [0.4, 0.5) is 16.2 Å². The molecule has 1 aliphatic rings. The van der Waals surface area contributed by atoms with Crippen molar-refractivity contribution in [1.29, 1.82) is 0 Å². The summed E-state index contributed by atoms with van der Waals surface area (Å²) >= 11 is 0. The number of nitro benzene ring substituents is 1. The second kappa shape index (κ2) is 9.69. The van der Waals surface area contributed by atoms with Crippen LogP contribution in [0.1, 0.15) is 36.7 Å². The third-order valence-corrected chi connectivity index (χ3v) is 5.65. The molecule has 1 heterocycles. The highest BCUT2D eigenvalue weighted by Gasteiger charge is 2.49. The van der Waals surface area contributed by atoms with Crippen molar-refractivity contribution in [3.8, 4) is 0 Å². The molecular weight excluding hydrogens is 442 g/mol. The van der Waals surface area contributed by atoms with Gasteiger partial charge in [-0.25, -0.2) is 4.79 Å². The maximum absolute atomic E-state index is 13.0. The Bertz CT molecular complexity index is 1160. The van der Waals surface area contributed by atoms with Crippen LogP contribution >= 0.6 is 0 Å². The number of carbonyl (C=O) groups is 4. The molecule has 3 rings (SSSR count). The van der Waals surface area contributed by atoms with Crippen LogP contribution in [0.3, 0.4) is 0 Å². The molecule has 2 aromatic carbocycles. The van der Waals surface area contributed by atoms with Gasteiger partial charge < -0.3 is 15.5 Å². The number of non-ortho nitro benzene ring substituents is 1. The van der Waals surface area contributed by atoms with Gasteiger partial charge in [-0.1, -0.05) is 18.2 Å². The van der Waals surface area contributed by atoms with Gasteiger partial charge in [-0.3, -0.25) is 29.4 Å².